The van der Waals surface area contributed by atoms with Crippen LogP contribution in [0.1, 0.15) is 12.0 Å². The highest BCUT2D eigenvalue weighted by atomic mass is 35.5. The van der Waals surface area contributed by atoms with Gasteiger partial charge in [-0.25, -0.2) is 0 Å². The number of benzene rings is 2. The molecule has 2 N–H and O–H groups in total. The third-order valence-electron chi connectivity index (χ3n) is 4.68. The van der Waals surface area contributed by atoms with Crippen molar-refractivity contribution in [1.82, 2.24) is 4.90 Å². The highest BCUT2D eigenvalue weighted by Crippen LogP contribution is 2.27. The average Bonchev–Trinajstić information content (AvgIpc) is 2.65. The maximum Gasteiger partial charge on any atom is 0.224 e. The van der Waals surface area contributed by atoms with E-state index in [2.05, 4.69) is 4.90 Å². The number of anilines is 1. The van der Waals surface area contributed by atoms with Crippen LogP contribution in [0.2, 0.25) is 10.0 Å². The lowest BCUT2D eigenvalue weighted by Crippen LogP contribution is -2.49. The molecule has 0 saturated carbocycles. The van der Waals surface area contributed by atoms with Gasteiger partial charge in [-0.05, 0) is 30.2 Å². The second kappa shape index (κ2) is 8.76. The normalized spacial score (nSPS) is 15.8. The number of carbonyl (C=O) groups is 1. The molecule has 0 spiro atoms. The van der Waals surface area contributed by atoms with Gasteiger partial charge in [-0.2, -0.15) is 0 Å². The number of carbonyl (C=O) groups excluding carboxylic acids is 1. The van der Waals surface area contributed by atoms with Gasteiger partial charge in [-0.15, -0.1) is 0 Å². The smallest absolute Gasteiger partial charge is 0.224 e. The van der Waals surface area contributed by atoms with Crippen LogP contribution in [0, 0.1) is 0 Å². The van der Waals surface area contributed by atoms with E-state index in [1.165, 1.54) is 0 Å². The SMILES string of the molecule is N[C@@H](CC(=O)N1CCN(c2ccc(Cl)c(Cl)c2)CC1)Cc1ccccc1. The fourth-order valence-corrected chi connectivity index (χ4v) is 3.53. The summed E-state index contributed by atoms with van der Waals surface area (Å²) >= 11 is 12.1. The molecule has 26 heavy (non-hydrogen) atoms. The van der Waals surface area contributed by atoms with Gasteiger partial charge in [0.2, 0.25) is 5.91 Å². The molecule has 3 rings (SSSR count). The van der Waals surface area contributed by atoms with Crippen LogP contribution in [0.15, 0.2) is 48.5 Å². The lowest BCUT2D eigenvalue weighted by atomic mass is 10.0. The Labute approximate surface area is 164 Å². The van der Waals surface area contributed by atoms with Crippen LogP contribution in [0.3, 0.4) is 0 Å². The van der Waals surface area contributed by atoms with Crippen LogP contribution in [0.5, 0.6) is 0 Å². The van der Waals surface area contributed by atoms with Crippen LogP contribution in [0.4, 0.5) is 5.69 Å². The van der Waals surface area contributed by atoms with E-state index in [4.69, 9.17) is 28.9 Å². The Bertz CT molecular complexity index is 746. The van der Waals surface area contributed by atoms with Gasteiger partial charge in [0, 0.05) is 44.3 Å². The molecular formula is C20H23Cl2N3O. The van der Waals surface area contributed by atoms with Crippen molar-refractivity contribution in [1.29, 1.82) is 0 Å². The number of nitrogens with zero attached hydrogens (tertiary/aromatic N) is 2. The first-order chi connectivity index (χ1) is 12.5. The summed E-state index contributed by atoms with van der Waals surface area (Å²) < 4.78 is 0. The van der Waals surface area contributed by atoms with Crippen molar-refractivity contribution in [3.8, 4) is 0 Å². The second-order valence-corrected chi connectivity index (χ2v) is 7.43. The minimum absolute atomic E-state index is 0.127. The first-order valence-corrected chi connectivity index (χ1v) is 9.56. The molecule has 1 heterocycles. The monoisotopic (exact) mass is 391 g/mol. The summed E-state index contributed by atoms with van der Waals surface area (Å²) in [5, 5.41) is 1.10. The van der Waals surface area contributed by atoms with Crippen molar-refractivity contribution in [3.63, 3.8) is 0 Å². The molecule has 0 radical (unpaired) electrons. The standard InChI is InChI=1S/C20H23Cl2N3O/c21-18-7-6-17(14-19(18)22)24-8-10-25(11-9-24)20(26)13-16(23)12-15-4-2-1-3-5-15/h1-7,14,16H,8-13,23H2/t16-/m1/s1. The van der Waals surface area contributed by atoms with Crippen LogP contribution < -0.4 is 10.6 Å². The zero-order chi connectivity index (χ0) is 18.5. The summed E-state index contributed by atoms with van der Waals surface area (Å²) in [6.45, 7) is 2.93. The van der Waals surface area contributed by atoms with Gasteiger partial charge in [0.15, 0.2) is 0 Å². The van der Waals surface area contributed by atoms with E-state index >= 15 is 0 Å². The fourth-order valence-electron chi connectivity index (χ4n) is 3.24. The van der Waals surface area contributed by atoms with E-state index in [0.29, 0.717) is 29.6 Å². The molecule has 6 heteroatoms. The molecule has 0 bridgehead atoms. The van der Waals surface area contributed by atoms with Crippen molar-refractivity contribution in [2.24, 2.45) is 5.73 Å². The molecule has 1 fully saturated rings. The molecule has 138 valence electrons. The van der Waals surface area contributed by atoms with Crippen LogP contribution >= 0.6 is 23.2 Å². The lowest BCUT2D eigenvalue weighted by molar-refractivity contribution is -0.131. The van der Waals surface area contributed by atoms with Crippen LogP contribution in [-0.2, 0) is 11.2 Å². The zero-order valence-electron chi connectivity index (χ0n) is 14.6. The molecule has 1 aliphatic heterocycles. The summed E-state index contributed by atoms with van der Waals surface area (Å²) in [5.41, 5.74) is 8.38. The fraction of sp³-hybridized carbons (Fsp3) is 0.350. The first kappa shape index (κ1) is 19.0. The van der Waals surface area contributed by atoms with Crippen molar-refractivity contribution >= 4 is 34.8 Å². The largest absolute Gasteiger partial charge is 0.368 e. The Morgan fingerprint density at radius 2 is 1.69 bits per heavy atom. The number of halogens is 2. The molecule has 1 amide bonds. The van der Waals surface area contributed by atoms with Gasteiger partial charge in [-0.3, -0.25) is 4.79 Å². The average molecular weight is 392 g/mol. The van der Waals surface area contributed by atoms with E-state index in [9.17, 15) is 4.79 Å². The molecule has 1 aliphatic rings. The van der Waals surface area contributed by atoms with Gasteiger partial charge in [0.05, 0.1) is 10.0 Å². The van der Waals surface area contributed by atoms with Gasteiger partial charge in [0.1, 0.15) is 0 Å². The Hall–Kier alpha value is -1.75. The predicted octanol–water partition coefficient (Wildman–Crippen LogP) is 3.60. The zero-order valence-corrected chi connectivity index (χ0v) is 16.1. The second-order valence-electron chi connectivity index (χ2n) is 6.62. The summed E-state index contributed by atoms with van der Waals surface area (Å²) in [7, 11) is 0. The predicted molar refractivity (Wildman–Crippen MR) is 108 cm³/mol. The molecule has 1 atom stereocenters. The molecule has 1 saturated heterocycles. The van der Waals surface area contributed by atoms with E-state index in [0.717, 1.165) is 30.8 Å². The molecule has 2 aromatic rings. The van der Waals surface area contributed by atoms with E-state index in [-0.39, 0.29) is 11.9 Å². The maximum atomic E-state index is 12.5. The van der Waals surface area contributed by atoms with Gasteiger partial charge >= 0.3 is 0 Å². The quantitative estimate of drug-likeness (QED) is 0.846. The number of hydrogen-bond donors (Lipinski definition) is 1. The summed E-state index contributed by atoms with van der Waals surface area (Å²) in [4.78, 5) is 16.6. The van der Waals surface area contributed by atoms with Gasteiger partial charge < -0.3 is 15.5 Å². The molecular weight excluding hydrogens is 369 g/mol. The third-order valence-corrected chi connectivity index (χ3v) is 5.42. The summed E-state index contributed by atoms with van der Waals surface area (Å²) in [6, 6.07) is 15.5. The van der Waals surface area contributed by atoms with Crippen molar-refractivity contribution in [2.45, 2.75) is 18.9 Å². The Kier molecular flexibility index (Phi) is 6.41. The topological polar surface area (TPSA) is 49.6 Å². The number of nitrogens with two attached hydrogens (primary N) is 1. The minimum Gasteiger partial charge on any atom is -0.368 e. The molecule has 2 aromatic carbocycles. The number of piperazine rings is 1. The summed E-state index contributed by atoms with van der Waals surface area (Å²) in [5.74, 6) is 0.127. The molecule has 0 aliphatic carbocycles. The molecule has 0 aromatic heterocycles. The minimum atomic E-state index is -0.155. The Morgan fingerprint density at radius 1 is 1.00 bits per heavy atom. The van der Waals surface area contributed by atoms with Crippen molar-refractivity contribution < 1.29 is 4.79 Å². The van der Waals surface area contributed by atoms with E-state index < -0.39 is 0 Å². The Morgan fingerprint density at radius 3 is 2.35 bits per heavy atom. The van der Waals surface area contributed by atoms with E-state index in [1.54, 1.807) is 6.07 Å². The van der Waals surface area contributed by atoms with Crippen LogP contribution in [0.25, 0.3) is 0 Å². The third kappa shape index (κ3) is 4.91. The van der Waals surface area contributed by atoms with Crippen LogP contribution in [-0.4, -0.2) is 43.0 Å². The van der Waals surface area contributed by atoms with E-state index in [1.807, 2.05) is 47.4 Å². The number of amides is 1. The van der Waals surface area contributed by atoms with Gasteiger partial charge in [0.25, 0.3) is 0 Å². The molecule has 0 unspecified atom stereocenters. The highest BCUT2D eigenvalue weighted by Gasteiger charge is 2.23. The highest BCUT2D eigenvalue weighted by molar-refractivity contribution is 6.42. The lowest BCUT2D eigenvalue weighted by Gasteiger charge is -2.36. The van der Waals surface area contributed by atoms with Gasteiger partial charge in [-0.1, -0.05) is 53.5 Å². The van der Waals surface area contributed by atoms with Crippen molar-refractivity contribution in [3.05, 3.63) is 64.1 Å². The Balaban J connectivity index is 1.49. The maximum absolute atomic E-state index is 12.5. The first-order valence-electron chi connectivity index (χ1n) is 8.80. The summed E-state index contributed by atoms with van der Waals surface area (Å²) in [6.07, 6.45) is 1.09. The number of hydrogen-bond acceptors (Lipinski definition) is 3. The number of rotatable bonds is 5. The molecule has 4 nitrogen and oxygen atoms in total. The van der Waals surface area contributed by atoms with Crippen molar-refractivity contribution in [2.75, 3.05) is 31.1 Å².